The van der Waals surface area contributed by atoms with Gasteiger partial charge in [-0.05, 0) is 17.7 Å². The second-order valence-corrected chi connectivity index (χ2v) is 6.91. The van der Waals surface area contributed by atoms with Crippen molar-refractivity contribution in [1.82, 2.24) is 10.4 Å². The molecule has 1 saturated heterocycles. The summed E-state index contributed by atoms with van der Waals surface area (Å²) in [6.45, 7) is 9.65. The number of hydrogen-bond acceptors (Lipinski definition) is 2. The van der Waals surface area contributed by atoms with Gasteiger partial charge in [-0.15, -0.1) is 0 Å². The number of nitrogens with zero attached hydrogens (tertiary/aromatic N) is 1. The summed E-state index contributed by atoms with van der Waals surface area (Å²) in [4.78, 5) is 1.64. The molecule has 0 saturated carbocycles. The summed E-state index contributed by atoms with van der Waals surface area (Å²) in [5.41, 5.74) is 6.96. The van der Waals surface area contributed by atoms with Crippen molar-refractivity contribution in [3.05, 3.63) is 76.8 Å². The van der Waals surface area contributed by atoms with E-state index >= 15 is 0 Å². The van der Waals surface area contributed by atoms with Crippen LogP contribution in [0.25, 0.3) is 5.70 Å². The topological polar surface area (TPSA) is 19.7 Å². The van der Waals surface area contributed by atoms with Gasteiger partial charge in [-0.25, -0.2) is 5.01 Å². The Labute approximate surface area is 146 Å². The van der Waals surface area contributed by atoms with Crippen LogP contribution in [0.4, 0.5) is 0 Å². The maximum Gasteiger partial charge on any atom is 0.103 e. The maximum absolute atomic E-state index is 4.16. The van der Waals surface area contributed by atoms with E-state index in [0.29, 0.717) is 0 Å². The summed E-state index contributed by atoms with van der Waals surface area (Å²) in [5, 5.41) is 2.28. The van der Waals surface area contributed by atoms with Gasteiger partial charge in [0.1, 0.15) is 6.54 Å². The monoisotopic (exact) mass is 372 g/mol. The molecule has 0 amide bonds. The lowest BCUT2D eigenvalue weighted by atomic mass is 10.2. The molecule has 2 N–H and O–H groups in total. The fourth-order valence-electron chi connectivity index (χ4n) is 2.90. The molecule has 4 heteroatoms. The van der Waals surface area contributed by atoms with Gasteiger partial charge in [0.25, 0.3) is 0 Å². The number of hydrazine groups is 1. The maximum atomic E-state index is 4.16. The fraction of sp³-hybridized carbons (Fsp3) is 0.263. The molecule has 23 heavy (non-hydrogen) atoms. The van der Waals surface area contributed by atoms with Gasteiger partial charge >= 0.3 is 0 Å². The van der Waals surface area contributed by atoms with Crippen LogP contribution >= 0.6 is 15.9 Å². The normalized spacial score (nSPS) is 16.2. The van der Waals surface area contributed by atoms with E-state index < -0.39 is 0 Å². The SMILES string of the molecule is C=C(NN1CC[NH+](Cc2ccccc2)CC1)c1ccc(Br)cc1. The van der Waals surface area contributed by atoms with Crippen LogP contribution in [0.1, 0.15) is 11.1 Å². The number of rotatable bonds is 5. The molecule has 0 spiro atoms. The lowest BCUT2D eigenvalue weighted by molar-refractivity contribution is -0.918. The first-order chi connectivity index (χ1) is 11.2. The molecule has 1 aliphatic rings. The first-order valence-corrected chi connectivity index (χ1v) is 8.84. The Hall–Kier alpha value is -1.62. The average Bonchev–Trinajstić information content (AvgIpc) is 2.58. The minimum absolute atomic E-state index is 0.962. The van der Waals surface area contributed by atoms with E-state index in [9.17, 15) is 0 Å². The summed E-state index contributed by atoms with van der Waals surface area (Å²) < 4.78 is 1.09. The van der Waals surface area contributed by atoms with Gasteiger partial charge in [0.15, 0.2) is 0 Å². The minimum Gasteiger partial charge on any atom is -0.329 e. The van der Waals surface area contributed by atoms with Crippen LogP contribution in [0.5, 0.6) is 0 Å². The molecule has 0 unspecified atom stereocenters. The highest BCUT2D eigenvalue weighted by molar-refractivity contribution is 9.10. The van der Waals surface area contributed by atoms with Crippen molar-refractivity contribution in [3.63, 3.8) is 0 Å². The third kappa shape index (κ3) is 4.67. The molecule has 0 aromatic heterocycles. The molecule has 3 rings (SSSR count). The first kappa shape index (κ1) is 16.2. The molecule has 2 aromatic carbocycles. The summed E-state index contributed by atoms with van der Waals surface area (Å²) in [6, 6.07) is 19.0. The number of quaternary nitrogens is 1. The Morgan fingerprint density at radius 1 is 1.04 bits per heavy atom. The van der Waals surface area contributed by atoms with Gasteiger partial charge in [0, 0.05) is 15.7 Å². The smallest absolute Gasteiger partial charge is 0.103 e. The van der Waals surface area contributed by atoms with Crippen LogP contribution in [0, 0.1) is 0 Å². The van der Waals surface area contributed by atoms with Crippen LogP contribution in [-0.2, 0) is 6.54 Å². The van der Waals surface area contributed by atoms with Gasteiger partial charge in [-0.3, -0.25) is 0 Å². The second-order valence-electron chi connectivity index (χ2n) is 6.00. The van der Waals surface area contributed by atoms with Gasteiger partial charge < -0.3 is 10.3 Å². The van der Waals surface area contributed by atoms with Crippen LogP contribution in [0.3, 0.4) is 0 Å². The van der Waals surface area contributed by atoms with E-state index in [4.69, 9.17) is 0 Å². The third-order valence-electron chi connectivity index (χ3n) is 4.25. The molecular weight excluding hydrogens is 350 g/mol. The van der Waals surface area contributed by atoms with E-state index in [1.807, 2.05) is 12.1 Å². The van der Waals surface area contributed by atoms with Crippen molar-refractivity contribution >= 4 is 21.6 Å². The molecule has 0 aliphatic carbocycles. The Bertz CT molecular complexity index is 631. The fourth-order valence-corrected chi connectivity index (χ4v) is 3.17. The van der Waals surface area contributed by atoms with E-state index in [-0.39, 0.29) is 0 Å². The number of benzene rings is 2. The highest BCUT2D eigenvalue weighted by Gasteiger charge is 2.20. The van der Waals surface area contributed by atoms with Crippen LogP contribution < -0.4 is 10.3 Å². The number of halogens is 1. The quantitative estimate of drug-likeness (QED) is 0.839. The molecular formula is C19H23BrN3+. The van der Waals surface area contributed by atoms with Gasteiger partial charge in [0.05, 0.1) is 26.2 Å². The zero-order chi connectivity index (χ0) is 16.1. The highest BCUT2D eigenvalue weighted by Crippen LogP contribution is 2.15. The molecule has 0 radical (unpaired) electrons. The predicted molar refractivity (Wildman–Crippen MR) is 98.7 cm³/mol. The zero-order valence-corrected chi connectivity index (χ0v) is 14.8. The van der Waals surface area contributed by atoms with Crippen LogP contribution in [-0.4, -0.2) is 31.2 Å². The Morgan fingerprint density at radius 2 is 1.70 bits per heavy atom. The summed E-state index contributed by atoms with van der Waals surface area (Å²) in [6.07, 6.45) is 0. The Balaban J connectivity index is 1.47. The minimum atomic E-state index is 0.962. The lowest BCUT2D eigenvalue weighted by Gasteiger charge is -2.33. The second kappa shape index (κ2) is 7.77. The van der Waals surface area contributed by atoms with Gasteiger partial charge in [-0.1, -0.05) is 65.0 Å². The molecule has 0 atom stereocenters. The third-order valence-corrected chi connectivity index (χ3v) is 4.78. The van der Waals surface area contributed by atoms with E-state index in [1.165, 1.54) is 5.56 Å². The van der Waals surface area contributed by atoms with E-state index in [0.717, 1.165) is 48.5 Å². The van der Waals surface area contributed by atoms with Gasteiger partial charge in [-0.2, -0.15) is 0 Å². The molecule has 1 heterocycles. The van der Waals surface area contributed by atoms with Crippen molar-refractivity contribution in [2.24, 2.45) is 0 Å². The van der Waals surface area contributed by atoms with Gasteiger partial charge in [0.2, 0.25) is 0 Å². The number of piperazine rings is 1. The molecule has 2 aromatic rings. The van der Waals surface area contributed by atoms with Crippen molar-refractivity contribution in [1.29, 1.82) is 0 Å². The molecule has 1 fully saturated rings. The van der Waals surface area contributed by atoms with Crippen molar-refractivity contribution in [2.75, 3.05) is 26.2 Å². The van der Waals surface area contributed by atoms with E-state index in [2.05, 4.69) is 75.4 Å². The molecule has 0 bridgehead atoms. The lowest BCUT2D eigenvalue weighted by Crippen LogP contribution is -3.13. The first-order valence-electron chi connectivity index (χ1n) is 8.04. The van der Waals surface area contributed by atoms with Crippen molar-refractivity contribution < 1.29 is 4.90 Å². The number of hydrogen-bond donors (Lipinski definition) is 2. The highest BCUT2D eigenvalue weighted by atomic mass is 79.9. The van der Waals surface area contributed by atoms with Crippen molar-refractivity contribution in [2.45, 2.75) is 6.54 Å². The molecule has 1 aliphatic heterocycles. The van der Waals surface area contributed by atoms with Crippen molar-refractivity contribution in [3.8, 4) is 0 Å². The standard InChI is InChI=1S/C19H22BrN3/c1-16(18-7-9-19(20)10-8-18)21-23-13-11-22(12-14-23)15-17-5-3-2-4-6-17/h2-10,21H,1,11-15H2/p+1. The summed E-state index contributed by atoms with van der Waals surface area (Å²) >= 11 is 3.46. The summed E-state index contributed by atoms with van der Waals surface area (Å²) in [7, 11) is 0. The Morgan fingerprint density at radius 3 is 2.35 bits per heavy atom. The zero-order valence-electron chi connectivity index (χ0n) is 13.3. The Kier molecular flexibility index (Phi) is 5.49. The number of nitrogens with one attached hydrogen (secondary N) is 2. The van der Waals surface area contributed by atoms with E-state index in [1.54, 1.807) is 4.90 Å². The average molecular weight is 373 g/mol. The largest absolute Gasteiger partial charge is 0.329 e. The molecule has 3 nitrogen and oxygen atoms in total. The predicted octanol–water partition coefficient (Wildman–Crippen LogP) is 2.33. The van der Waals surface area contributed by atoms with Crippen LogP contribution in [0.2, 0.25) is 0 Å². The molecule has 120 valence electrons. The summed E-state index contributed by atoms with van der Waals surface area (Å²) in [5.74, 6) is 0. The van der Waals surface area contributed by atoms with Crippen LogP contribution in [0.15, 0.2) is 65.6 Å².